The molecule has 0 unspecified atom stereocenters. The number of rotatable bonds is 7. The van der Waals surface area contributed by atoms with E-state index in [2.05, 4.69) is 19.4 Å². The molecule has 0 saturated carbocycles. The third-order valence-corrected chi connectivity index (χ3v) is 5.78. The van der Waals surface area contributed by atoms with Crippen molar-refractivity contribution in [2.24, 2.45) is 0 Å². The Morgan fingerprint density at radius 3 is 2.76 bits per heavy atom. The molecule has 0 amide bonds. The number of aromatic nitrogens is 5. The van der Waals surface area contributed by atoms with E-state index in [-0.39, 0.29) is 17.6 Å². The van der Waals surface area contributed by atoms with Gasteiger partial charge in [0.1, 0.15) is 24.1 Å². The Kier molecular flexibility index (Phi) is 5.30. The summed E-state index contributed by atoms with van der Waals surface area (Å²) in [4.78, 5) is 8.14. The average molecular weight is 381 g/mol. The molecule has 3 rings (SSSR count). The molecule has 1 N–H and O–H groups in total. The van der Waals surface area contributed by atoms with Gasteiger partial charge in [-0.3, -0.25) is 0 Å². The second-order valence-corrected chi connectivity index (χ2v) is 7.67. The molecule has 3 aromatic rings. The Morgan fingerprint density at radius 2 is 2.16 bits per heavy atom. The summed E-state index contributed by atoms with van der Waals surface area (Å²) in [5.41, 5.74) is -0.730. The van der Waals surface area contributed by atoms with Gasteiger partial charge in [-0.05, 0) is 36.2 Å². The van der Waals surface area contributed by atoms with E-state index in [1.807, 2.05) is 6.92 Å². The third-order valence-electron chi connectivity index (χ3n) is 3.74. The van der Waals surface area contributed by atoms with Crippen LogP contribution in [0.4, 0.5) is 4.39 Å². The van der Waals surface area contributed by atoms with Crippen LogP contribution in [0, 0.1) is 5.82 Å². The molecular weight excluding hydrogens is 365 g/mol. The number of benzene rings is 1. The quantitative estimate of drug-likeness (QED) is 0.629. The minimum atomic E-state index is -1.31. The van der Waals surface area contributed by atoms with Crippen LogP contribution in [0.2, 0.25) is 0 Å². The van der Waals surface area contributed by atoms with Crippen molar-refractivity contribution in [3.8, 4) is 6.01 Å². The molecule has 0 saturated heterocycles. The van der Waals surface area contributed by atoms with Crippen molar-refractivity contribution in [2.45, 2.75) is 28.7 Å². The van der Waals surface area contributed by atoms with Crippen LogP contribution in [-0.2, 0) is 12.1 Å². The lowest BCUT2D eigenvalue weighted by Crippen LogP contribution is -2.40. The Hall–Kier alpha value is -2.04. The number of hydrogen-bond acceptors (Lipinski definition) is 8. The number of nitrogens with zero attached hydrogens (tertiary/aromatic N) is 5. The number of aliphatic hydroxyl groups is 1. The molecule has 0 fully saturated rings. The largest absolute Gasteiger partial charge is 0.466 e. The lowest BCUT2D eigenvalue weighted by atomic mass is 9.90. The van der Waals surface area contributed by atoms with Crippen molar-refractivity contribution in [1.29, 1.82) is 0 Å². The van der Waals surface area contributed by atoms with Crippen LogP contribution < -0.4 is 4.74 Å². The average Bonchev–Trinajstić information content (AvgIpc) is 3.27. The zero-order chi connectivity index (χ0) is 17.9. The predicted octanol–water partition coefficient (Wildman–Crippen LogP) is 2.35. The van der Waals surface area contributed by atoms with Crippen molar-refractivity contribution in [2.75, 3.05) is 7.11 Å². The molecule has 10 heteroatoms. The molecule has 7 nitrogen and oxygen atoms in total. The van der Waals surface area contributed by atoms with Crippen molar-refractivity contribution < 1.29 is 14.2 Å². The molecule has 2 heterocycles. The highest BCUT2D eigenvalue weighted by Gasteiger charge is 2.38. The Balaban J connectivity index is 1.90. The van der Waals surface area contributed by atoms with Gasteiger partial charge in [0.2, 0.25) is 0 Å². The van der Waals surface area contributed by atoms with Gasteiger partial charge in [0.05, 0.1) is 13.7 Å². The maximum absolute atomic E-state index is 13.3. The van der Waals surface area contributed by atoms with Gasteiger partial charge in [-0.15, -0.1) is 4.37 Å². The van der Waals surface area contributed by atoms with Crippen LogP contribution in [0.5, 0.6) is 6.01 Å². The van der Waals surface area contributed by atoms with Gasteiger partial charge >= 0.3 is 6.01 Å². The molecule has 0 aliphatic heterocycles. The Bertz CT molecular complexity index is 812. The van der Waals surface area contributed by atoms with Crippen LogP contribution in [0.3, 0.4) is 0 Å². The molecule has 0 spiro atoms. The third kappa shape index (κ3) is 3.97. The standard InChI is InChI=1S/C15H16FN5O2S2/c1-10(24-14-19-13(23-2)20-25-14)15(22,7-21-9-17-8-18-21)11-3-5-12(16)6-4-11/h3-6,8-10,22H,7H2,1-2H3/t10-,15-/m1/s1. The first-order valence-corrected chi connectivity index (χ1v) is 9.02. The molecule has 25 heavy (non-hydrogen) atoms. The number of halogens is 1. The van der Waals surface area contributed by atoms with E-state index in [0.717, 1.165) is 0 Å². The van der Waals surface area contributed by atoms with E-state index in [1.165, 1.54) is 55.2 Å². The fourth-order valence-electron chi connectivity index (χ4n) is 2.33. The maximum atomic E-state index is 13.3. The highest BCUT2D eigenvalue weighted by atomic mass is 32.2. The van der Waals surface area contributed by atoms with Gasteiger partial charge in [0, 0.05) is 5.25 Å². The lowest BCUT2D eigenvalue weighted by Gasteiger charge is -2.33. The van der Waals surface area contributed by atoms with Crippen molar-refractivity contribution in [3.63, 3.8) is 0 Å². The molecule has 0 bridgehead atoms. The van der Waals surface area contributed by atoms with E-state index in [1.54, 1.807) is 16.8 Å². The SMILES string of the molecule is COc1nsc(S[C@H](C)[C@](O)(Cn2cncn2)c2ccc(F)cc2)n1. The van der Waals surface area contributed by atoms with Gasteiger partial charge in [0.25, 0.3) is 0 Å². The minimum Gasteiger partial charge on any atom is -0.466 e. The van der Waals surface area contributed by atoms with Gasteiger partial charge in [0.15, 0.2) is 4.34 Å². The number of methoxy groups -OCH3 is 1. The monoisotopic (exact) mass is 381 g/mol. The van der Waals surface area contributed by atoms with Crippen LogP contribution in [0.25, 0.3) is 0 Å². The van der Waals surface area contributed by atoms with Crippen molar-refractivity contribution >= 4 is 23.3 Å². The summed E-state index contributed by atoms with van der Waals surface area (Å²) < 4.78 is 24.6. The lowest BCUT2D eigenvalue weighted by molar-refractivity contribution is 0.0167. The van der Waals surface area contributed by atoms with E-state index in [9.17, 15) is 9.50 Å². The second kappa shape index (κ2) is 7.46. The zero-order valence-electron chi connectivity index (χ0n) is 13.5. The summed E-state index contributed by atoms with van der Waals surface area (Å²) in [6, 6.07) is 6.09. The molecule has 132 valence electrons. The molecule has 2 aromatic heterocycles. The number of ether oxygens (including phenoxy) is 1. The maximum Gasteiger partial charge on any atom is 0.329 e. The van der Waals surface area contributed by atoms with Crippen LogP contribution in [0.15, 0.2) is 41.3 Å². The van der Waals surface area contributed by atoms with Gasteiger partial charge in [-0.2, -0.15) is 10.1 Å². The zero-order valence-corrected chi connectivity index (χ0v) is 15.2. The first kappa shape index (κ1) is 17.8. The normalized spacial score (nSPS) is 14.9. The van der Waals surface area contributed by atoms with E-state index in [0.29, 0.717) is 15.9 Å². The smallest absolute Gasteiger partial charge is 0.329 e. The number of thioether (sulfide) groups is 1. The number of hydrogen-bond donors (Lipinski definition) is 1. The molecular formula is C15H16FN5O2S2. The Morgan fingerprint density at radius 1 is 1.40 bits per heavy atom. The molecule has 0 aliphatic carbocycles. The van der Waals surface area contributed by atoms with Crippen LogP contribution >= 0.6 is 23.3 Å². The van der Waals surface area contributed by atoms with E-state index >= 15 is 0 Å². The Labute approximate surface area is 152 Å². The van der Waals surface area contributed by atoms with E-state index < -0.39 is 5.60 Å². The highest BCUT2D eigenvalue weighted by Crippen LogP contribution is 2.39. The first-order valence-electron chi connectivity index (χ1n) is 7.36. The van der Waals surface area contributed by atoms with E-state index in [4.69, 9.17) is 4.74 Å². The molecule has 0 aliphatic rings. The summed E-state index contributed by atoms with van der Waals surface area (Å²) in [5.74, 6) is -0.360. The summed E-state index contributed by atoms with van der Waals surface area (Å²) >= 11 is 2.56. The van der Waals surface area contributed by atoms with Crippen LogP contribution in [-0.4, -0.2) is 41.6 Å². The fourth-order valence-corrected chi connectivity index (χ4v) is 4.28. The van der Waals surface area contributed by atoms with Gasteiger partial charge in [-0.1, -0.05) is 23.9 Å². The highest BCUT2D eigenvalue weighted by molar-refractivity contribution is 8.01. The van der Waals surface area contributed by atoms with Crippen molar-refractivity contribution in [1.82, 2.24) is 24.1 Å². The summed E-state index contributed by atoms with van der Waals surface area (Å²) in [6.45, 7) is 2.04. The first-order chi connectivity index (χ1) is 12.0. The topological polar surface area (TPSA) is 86.0 Å². The van der Waals surface area contributed by atoms with Crippen LogP contribution in [0.1, 0.15) is 12.5 Å². The summed E-state index contributed by atoms with van der Waals surface area (Å²) in [6.07, 6.45) is 2.93. The minimum absolute atomic E-state index is 0.169. The summed E-state index contributed by atoms with van der Waals surface area (Å²) in [5, 5.41) is 15.2. The predicted molar refractivity (Wildman–Crippen MR) is 92.1 cm³/mol. The molecule has 2 atom stereocenters. The van der Waals surface area contributed by atoms with Gasteiger partial charge < -0.3 is 9.84 Å². The molecule has 0 radical (unpaired) electrons. The molecule has 1 aromatic carbocycles. The second-order valence-electron chi connectivity index (χ2n) is 5.33. The summed E-state index contributed by atoms with van der Waals surface area (Å²) in [7, 11) is 1.50. The fraction of sp³-hybridized carbons (Fsp3) is 0.333. The van der Waals surface area contributed by atoms with Crippen molar-refractivity contribution in [3.05, 3.63) is 48.3 Å². The van der Waals surface area contributed by atoms with Gasteiger partial charge in [-0.25, -0.2) is 14.1 Å².